The van der Waals surface area contributed by atoms with Gasteiger partial charge < -0.3 is 9.42 Å². The predicted molar refractivity (Wildman–Crippen MR) is 108 cm³/mol. The van der Waals surface area contributed by atoms with Crippen molar-refractivity contribution in [2.75, 3.05) is 26.2 Å². The lowest BCUT2D eigenvalue weighted by molar-refractivity contribution is 0.0617. The number of benzene rings is 1. The van der Waals surface area contributed by atoms with Crippen molar-refractivity contribution in [3.05, 3.63) is 78.2 Å². The molecule has 1 aliphatic rings. The van der Waals surface area contributed by atoms with Crippen molar-refractivity contribution in [1.29, 1.82) is 0 Å². The second kappa shape index (κ2) is 7.52. The Morgan fingerprint density at radius 3 is 2.55 bits per heavy atom. The first kappa shape index (κ1) is 17.6. The summed E-state index contributed by atoms with van der Waals surface area (Å²) in [5.74, 6) is 0.530. The summed E-state index contributed by atoms with van der Waals surface area (Å²) < 4.78 is 7.27. The van der Waals surface area contributed by atoms with Crippen molar-refractivity contribution in [3.63, 3.8) is 0 Å². The van der Waals surface area contributed by atoms with E-state index in [9.17, 15) is 4.79 Å². The monoisotopic (exact) mass is 387 g/mol. The van der Waals surface area contributed by atoms with Gasteiger partial charge in [0.25, 0.3) is 5.91 Å². The maximum Gasteiger partial charge on any atom is 0.276 e. The van der Waals surface area contributed by atoms with E-state index in [2.05, 4.69) is 27.3 Å². The molecule has 0 unspecified atom stereocenters. The zero-order valence-electron chi connectivity index (χ0n) is 15.9. The number of hydrogen-bond acceptors (Lipinski definition) is 5. The highest BCUT2D eigenvalue weighted by Crippen LogP contribution is 2.21. The van der Waals surface area contributed by atoms with Crippen LogP contribution in [0.3, 0.4) is 0 Å². The van der Waals surface area contributed by atoms with Gasteiger partial charge in [0.05, 0.1) is 11.2 Å². The van der Waals surface area contributed by atoms with Gasteiger partial charge >= 0.3 is 0 Å². The van der Waals surface area contributed by atoms with Gasteiger partial charge in [-0.2, -0.15) is 5.10 Å². The standard InChI is InChI=1S/C22H21N5O2/c28-22(20-15-21(29-24-20)17-6-2-1-3-7-17)26-12-10-25(11-13-26)16-18-14-19-8-4-5-9-27(19)23-18/h1-9,14-15H,10-13,16H2. The molecule has 0 aliphatic carbocycles. The summed E-state index contributed by atoms with van der Waals surface area (Å²) in [5, 5.41) is 8.60. The molecule has 0 N–H and O–H groups in total. The molecule has 7 nitrogen and oxygen atoms in total. The number of amides is 1. The van der Waals surface area contributed by atoms with Crippen LogP contribution in [-0.2, 0) is 6.54 Å². The first-order chi connectivity index (χ1) is 14.3. The van der Waals surface area contributed by atoms with Gasteiger partial charge in [-0.05, 0) is 18.2 Å². The van der Waals surface area contributed by atoms with Crippen LogP contribution in [0.15, 0.2) is 71.4 Å². The molecule has 3 aromatic heterocycles. The third-order valence-corrected chi connectivity index (χ3v) is 5.25. The van der Waals surface area contributed by atoms with Crippen LogP contribution in [0.5, 0.6) is 0 Å². The number of pyridine rings is 1. The third-order valence-electron chi connectivity index (χ3n) is 5.25. The molecule has 146 valence electrons. The normalized spacial score (nSPS) is 15.1. The minimum Gasteiger partial charge on any atom is -0.355 e. The molecule has 0 atom stereocenters. The second-order valence-corrected chi connectivity index (χ2v) is 7.22. The zero-order chi connectivity index (χ0) is 19.6. The highest BCUT2D eigenvalue weighted by Gasteiger charge is 2.25. The Hall–Kier alpha value is -3.45. The molecule has 0 radical (unpaired) electrons. The Kier molecular flexibility index (Phi) is 4.57. The van der Waals surface area contributed by atoms with Crippen LogP contribution in [0.2, 0.25) is 0 Å². The van der Waals surface area contributed by atoms with Crippen LogP contribution >= 0.6 is 0 Å². The van der Waals surface area contributed by atoms with E-state index in [-0.39, 0.29) is 5.91 Å². The minimum absolute atomic E-state index is 0.0803. The highest BCUT2D eigenvalue weighted by molar-refractivity contribution is 5.93. The summed E-state index contributed by atoms with van der Waals surface area (Å²) in [4.78, 5) is 17.0. The maximum atomic E-state index is 12.8. The lowest BCUT2D eigenvalue weighted by Gasteiger charge is -2.33. The predicted octanol–water partition coefficient (Wildman–Crippen LogP) is 2.95. The van der Waals surface area contributed by atoms with Gasteiger partial charge in [-0.25, -0.2) is 4.52 Å². The molecule has 1 fully saturated rings. The summed E-state index contributed by atoms with van der Waals surface area (Å²) >= 11 is 0. The minimum atomic E-state index is -0.0803. The molecule has 1 saturated heterocycles. The molecule has 4 aromatic rings. The first-order valence-electron chi connectivity index (χ1n) is 9.73. The van der Waals surface area contributed by atoms with Crippen LogP contribution in [0.25, 0.3) is 16.8 Å². The van der Waals surface area contributed by atoms with E-state index in [0.717, 1.165) is 36.4 Å². The van der Waals surface area contributed by atoms with Crippen molar-refractivity contribution >= 4 is 11.4 Å². The quantitative estimate of drug-likeness (QED) is 0.539. The Morgan fingerprint density at radius 2 is 1.76 bits per heavy atom. The molecule has 5 rings (SSSR count). The van der Waals surface area contributed by atoms with Crippen LogP contribution in [0, 0.1) is 0 Å². The SMILES string of the molecule is O=C(c1cc(-c2ccccc2)on1)N1CCN(Cc2cc3ccccn3n2)CC1. The summed E-state index contributed by atoms with van der Waals surface area (Å²) in [6.07, 6.45) is 1.96. The van der Waals surface area contributed by atoms with E-state index in [1.165, 1.54) is 0 Å². The van der Waals surface area contributed by atoms with Gasteiger partial charge in [0, 0.05) is 50.6 Å². The zero-order valence-corrected chi connectivity index (χ0v) is 15.9. The van der Waals surface area contributed by atoms with Crippen LogP contribution in [-0.4, -0.2) is 56.7 Å². The average Bonchev–Trinajstić information content (AvgIpc) is 3.41. The van der Waals surface area contributed by atoms with Crippen molar-refractivity contribution in [3.8, 4) is 11.3 Å². The molecule has 7 heteroatoms. The van der Waals surface area contributed by atoms with E-state index in [1.54, 1.807) is 6.07 Å². The average molecular weight is 387 g/mol. The Bertz CT molecular complexity index is 1090. The summed E-state index contributed by atoms with van der Waals surface area (Å²) in [6.45, 7) is 3.73. The summed E-state index contributed by atoms with van der Waals surface area (Å²) in [5.41, 5.74) is 3.41. The Balaban J connectivity index is 1.20. The number of nitrogens with zero attached hydrogens (tertiary/aromatic N) is 5. The van der Waals surface area contributed by atoms with E-state index >= 15 is 0 Å². The van der Waals surface area contributed by atoms with Gasteiger partial charge in [-0.1, -0.05) is 41.6 Å². The Labute approximate surface area is 168 Å². The summed E-state index contributed by atoms with van der Waals surface area (Å²) in [7, 11) is 0. The molecule has 4 heterocycles. The molecule has 1 aromatic carbocycles. The summed E-state index contributed by atoms with van der Waals surface area (Å²) in [6, 6.07) is 19.5. The molecule has 0 bridgehead atoms. The highest BCUT2D eigenvalue weighted by atomic mass is 16.5. The molecular weight excluding hydrogens is 366 g/mol. The number of hydrogen-bond donors (Lipinski definition) is 0. The van der Waals surface area contributed by atoms with Gasteiger partial charge in [0.15, 0.2) is 11.5 Å². The number of piperazine rings is 1. The van der Waals surface area contributed by atoms with Crippen molar-refractivity contribution in [1.82, 2.24) is 24.6 Å². The van der Waals surface area contributed by atoms with Crippen LogP contribution in [0.1, 0.15) is 16.2 Å². The number of carbonyl (C=O) groups is 1. The van der Waals surface area contributed by atoms with Crippen LogP contribution in [0.4, 0.5) is 0 Å². The van der Waals surface area contributed by atoms with E-state index in [1.807, 2.05) is 58.1 Å². The fourth-order valence-corrected chi connectivity index (χ4v) is 3.68. The van der Waals surface area contributed by atoms with Gasteiger partial charge in [-0.3, -0.25) is 9.69 Å². The maximum absolute atomic E-state index is 12.8. The van der Waals surface area contributed by atoms with Gasteiger partial charge in [0.1, 0.15) is 0 Å². The topological polar surface area (TPSA) is 66.9 Å². The van der Waals surface area contributed by atoms with E-state index in [4.69, 9.17) is 4.52 Å². The lowest BCUT2D eigenvalue weighted by atomic mass is 10.1. The fourth-order valence-electron chi connectivity index (χ4n) is 3.68. The number of aromatic nitrogens is 3. The molecule has 1 aliphatic heterocycles. The molecular formula is C22H21N5O2. The fraction of sp³-hybridized carbons (Fsp3) is 0.227. The van der Waals surface area contributed by atoms with Crippen molar-refractivity contribution in [2.45, 2.75) is 6.54 Å². The number of rotatable bonds is 4. The largest absolute Gasteiger partial charge is 0.355 e. The van der Waals surface area contributed by atoms with Crippen molar-refractivity contribution in [2.24, 2.45) is 0 Å². The first-order valence-corrected chi connectivity index (χ1v) is 9.73. The molecule has 0 spiro atoms. The van der Waals surface area contributed by atoms with E-state index in [0.29, 0.717) is 24.5 Å². The van der Waals surface area contributed by atoms with Gasteiger partial charge in [-0.15, -0.1) is 0 Å². The van der Waals surface area contributed by atoms with Crippen LogP contribution < -0.4 is 0 Å². The van der Waals surface area contributed by atoms with E-state index < -0.39 is 0 Å². The smallest absolute Gasteiger partial charge is 0.276 e. The number of carbonyl (C=O) groups excluding carboxylic acids is 1. The third kappa shape index (κ3) is 3.64. The molecule has 29 heavy (non-hydrogen) atoms. The van der Waals surface area contributed by atoms with Gasteiger partial charge in [0.2, 0.25) is 0 Å². The molecule has 0 saturated carbocycles. The van der Waals surface area contributed by atoms with Crippen molar-refractivity contribution < 1.29 is 9.32 Å². The lowest BCUT2D eigenvalue weighted by Crippen LogP contribution is -2.48. The Morgan fingerprint density at radius 1 is 0.966 bits per heavy atom. The number of fused-ring (bicyclic) bond motifs is 1. The second-order valence-electron chi connectivity index (χ2n) is 7.22. The molecule has 1 amide bonds.